The van der Waals surface area contributed by atoms with Gasteiger partial charge in [0, 0.05) is 28.9 Å². The SMILES string of the molecule is CC(C)c1ccc(NC(=O)COC(=O)C[C@H]2C(=O)C[C@@H](C)[C@H]2C[N+](=O)[O-])cc1. The third kappa shape index (κ3) is 5.87. The van der Waals surface area contributed by atoms with Crippen LogP contribution in [-0.4, -0.2) is 35.7 Å². The van der Waals surface area contributed by atoms with E-state index in [9.17, 15) is 24.5 Å². The molecule has 0 bridgehead atoms. The molecule has 1 aliphatic rings. The van der Waals surface area contributed by atoms with Crippen LogP contribution in [0.3, 0.4) is 0 Å². The highest BCUT2D eigenvalue weighted by molar-refractivity contribution is 5.93. The van der Waals surface area contributed by atoms with Gasteiger partial charge in [0.1, 0.15) is 5.78 Å². The zero-order valence-corrected chi connectivity index (χ0v) is 16.3. The minimum absolute atomic E-state index is 0.146. The summed E-state index contributed by atoms with van der Waals surface area (Å²) in [4.78, 5) is 46.4. The molecule has 1 aliphatic carbocycles. The molecule has 1 saturated carbocycles. The zero-order chi connectivity index (χ0) is 20.8. The number of rotatable bonds is 8. The largest absolute Gasteiger partial charge is 0.456 e. The third-order valence-electron chi connectivity index (χ3n) is 5.16. The van der Waals surface area contributed by atoms with Crippen molar-refractivity contribution in [2.24, 2.45) is 17.8 Å². The summed E-state index contributed by atoms with van der Waals surface area (Å²) in [6.45, 7) is 5.09. The zero-order valence-electron chi connectivity index (χ0n) is 16.3. The third-order valence-corrected chi connectivity index (χ3v) is 5.16. The number of esters is 1. The molecule has 1 fully saturated rings. The van der Waals surface area contributed by atoms with Crippen molar-refractivity contribution in [2.45, 2.75) is 39.5 Å². The number of nitro groups is 1. The second-order valence-corrected chi connectivity index (χ2v) is 7.62. The molecule has 1 N–H and O–H groups in total. The molecule has 8 heteroatoms. The number of carbonyl (C=O) groups excluding carboxylic acids is 3. The van der Waals surface area contributed by atoms with Crippen molar-refractivity contribution in [3.63, 3.8) is 0 Å². The van der Waals surface area contributed by atoms with E-state index in [0.717, 1.165) is 5.56 Å². The minimum atomic E-state index is -0.723. The first-order valence-corrected chi connectivity index (χ1v) is 9.37. The Labute approximate surface area is 163 Å². The molecule has 2 rings (SSSR count). The van der Waals surface area contributed by atoms with E-state index in [2.05, 4.69) is 19.2 Å². The summed E-state index contributed by atoms with van der Waals surface area (Å²) in [5.41, 5.74) is 1.74. The number of ether oxygens (including phenoxy) is 1. The number of Topliss-reactive ketones (excluding diaryl/α,β-unsaturated/α-hetero) is 1. The molecule has 0 saturated heterocycles. The molecule has 1 aromatic carbocycles. The van der Waals surface area contributed by atoms with E-state index in [4.69, 9.17) is 4.74 Å². The molecule has 3 atom stereocenters. The topological polar surface area (TPSA) is 116 Å². The maximum absolute atomic E-state index is 12.1. The highest BCUT2D eigenvalue weighted by atomic mass is 16.6. The van der Waals surface area contributed by atoms with Crippen LogP contribution < -0.4 is 5.32 Å². The van der Waals surface area contributed by atoms with Gasteiger partial charge in [0.2, 0.25) is 6.54 Å². The first-order valence-electron chi connectivity index (χ1n) is 9.37. The number of nitrogens with zero attached hydrogens (tertiary/aromatic N) is 1. The molecule has 1 amide bonds. The smallest absolute Gasteiger partial charge is 0.307 e. The van der Waals surface area contributed by atoms with Crippen LogP contribution >= 0.6 is 0 Å². The highest BCUT2D eigenvalue weighted by Crippen LogP contribution is 2.36. The predicted molar refractivity (Wildman–Crippen MR) is 102 cm³/mol. The van der Waals surface area contributed by atoms with Crippen molar-refractivity contribution in [1.82, 2.24) is 0 Å². The van der Waals surface area contributed by atoms with E-state index < -0.39 is 35.2 Å². The number of anilines is 1. The van der Waals surface area contributed by atoms with Crippen LogP contribution in [0.1, 0.15) is 45.1 Å². The van der Waals surface area contributed by atoms with Gasteiger partial charge in [-0.15, -0.1) is 0 Å². The summed E-state index contributed by atoms with van der Waals surface area (Å²) >= 11 is 0. The molecule has 28 heavy (non-hydrogen) atoms. The van der Waals surface area contributed by atoms with Crippen LogP contribution in [0.25, 0.3) is 0 Å². The number of hydrogen-bond acceptors (Lipinski definition) is 6. The van der Waals surface area contributed by atoms with Crippen LogP contribution in [0.15, 0.2) is 24.3 Å². The maximum atomic E-state index is 12.1. The van der Waals surface area contributed by atoms with Crippen molar-refractivity contribution < 1.29 is 24.0 Å². The van der Waals surface area contributed by atoms with Crippen LogP contribution in [0, 0.1) is 27.9 Å². The fraction of sp³-hybridized carbons (Fsp3) is 0.550. The highest BCUT2D eigenvalue weighted by Gasteiger charge is 2.44. The molecule has 0 heterocycles. The Morgan fingerprint density at radius 3 is 2.50 bits per heavy atom. The molecule has 152 valence electrons. The summed E-state index contributed by atoms with van der Waals surface area (Å²) in [6, 6.07) is 7.37. The van der Waals surface area contributed by atoms with E-state index in [1.807, 2.05) is 12.1 Å². The summed E-state index contributed by atoms with van der Waals surface area (Å²) in [6.07, 6.45) is -0.0125. The predicted octanol–water partition coefficient (Wildman–Crippen LogP) is 2.80. The Morgan fingerprint density at radius 1 is 1.29 bits per heavy atom. The van der Waals surface area contributed by atoms with E-state index in [1.165, 1.54) is 0 Å². The lowest BCUT2D eigenvalue weighted by Gasteiger charge is -2.17. The van der Waals surface area contributed by atoms with Gasteiger partial charge in [0.15, 0.2) is 6.61 Å². The molecular formula is C20H26N2O6. The van der Waals surface area contributed by atoms with Gasteiger partial charge in [0.05, 0.1) is 6.42 Å². The molecule has 0 aliphatic heterocycles. The van der Waals surface area contributed by atoms with Crippen molar-refractivity contribution in [2.75, 3.05) is 18.5 Å². The van der Waals surface area contributed by atoms with Crippen molar-refractivity contribution in [3.05, 3.63) is 39.9 Å². The average molecular weight is 390 g/mol. The van der Waals surface area contributed by atoms with Gasteiger partial charge < -0.3 is 10.1 Å². The number of amides is 1. The second kappa shape index (κ2) is 9.43. The lowest BCUT2D eigenvalue weighted by Crippen LogP contribution is -2.28. The number of carbonyl (C=O) groups is 3. The Morgan fingerprint density at radius 2 is 1.93 bits per heavy atom. The first-order chi connectivity index (χ1) is 13.2. The molecular weight excluding hydrogens is 364 g/mol. The molecule has 0 spiro atoms. The van der Waals surface area contributed by atoms with Crippen LogP contribution in [0.5, 0.6) is 0 Å². The summed E-state index contributed by atoms with van der Waals surface area (Å²) in [7, 11) is 0. The summed E-state index contributed by atoms with van der Waals surface area (Å²) in [5.74, 6) is -2.32. The fourth-order valence-electron chi connectivity index (χ4n) is 3.53. The number of nitrogens with one attached hydrogen (secondary N) is 1. The molecule has 0 unspecified atom stereocenters. The standard InChI is InChI=1S/C20H26N2O6/c1-12(2)14-4-6-15(7-5-14)21-19(24)11-28-20(25)9-16-17(10-22(26)27)13(3)8-18(16)23/h4-7,12-13,16-17H,8-11H2,1-3H3,(H,21,24)/t13-,16-,17-/m1/s1. The normalized spacial score (nSPS) is 21.6. The Balaban J connectivity index is 1.83. The lowest BCUT2D eigenvalue weighted by atomic mass is 9.88. The van der Waals surface area contributed by atoms with Gasteiger partial charge in [0.25, 0.3) is 5.91 Å². The monoisotopic (exact) mass is 390 g/mol. The van der Waals surface area contributed by atoms with Gasteiger partial charge in [-0.3, -0.25) is 24.5 Å². The second-order valence-electron chi connectivity index (χ2n) is 7.62. The Hall–Kier alpha value is -2.77. The minimum Gasteiger partial charge on any atom is -0.456 e. The first kappa shape index (κ1) is 21.5. The van der Waals surface area contributed by atoms with E-state index in [1.54, 1.807) is 19.1 Å². The maximum Gasteiger partial charge on any atom is 0.307 e. The summed E-state index contributed by atoms with van der Waals surface area (Å²) in [5, 5.41) is 13.4. The number of hydrogen-bond donors (Lipinski definition) is 1. The van der Waals surface area contributed by atoms with Crippen LogP contribution in [0.2, 0.25) is 0 Å². The van der Waals surface area contributed by atoms with Gasteiger partial charge in [-0.05, 0) is 29.5 Å². The molecule has 1 aromatic rings. The van der Waals surface area contributed by atoms with Crippen molar-refractivity contribution >= 4 is 23.3 Å². The molecule has 0 aromatic heterocycles. The Bertz CT molecular complexity index is 744. The molecule has 8 nitrogen and oxygen atoms in total. The van der Waals surface area contributed by atoms with Gasteiger partial charge in [-0.25, -0.2) is 0 Å². The van der Waals surface area contributed by atoms with E-state index >= 15 is 0 Å². The van der Waals surface area contributed by atoms with Gasteiger partial charge in [-0.2, -0.15) is 0 Å². The fourth-order valence-corrected chi connectivity index (χ4v) is 3.53. The quantitative estimate of drug-likeness (QED) is 0.414. The van der Waals surface area contributed by atoms with Crippen LogP contribution in [-0.2, 0) is 19.1 Å². The van der Waals surface area contributed by atoms with Crippen LogP contribution in [0.4, 0.5) is 5.69 Å². The van der Waals surface area contributed by atoms with Gasteiger partial charge >= 0.3 is 5.97 Å². The number of ketones is 1. The van der Waals surface area contributed by atoms with Crippen molar-refractivity contribution in [1.29, 1.82) is 0 Å². The van der Waals surface area contributed by atoms with Crippen molar-refractivity contribution in [3.8, 4) is 0 Å². The summed E-state index contributed by atoms with van der Waals surface area (Å²) < 4.78 is 4.96. The lowest BCUT2D eigenvalue weighted by molar-refractivity contribution is -0.490. The van der Waals surface area contributed by atoms with Gasteiger partial charge in [-0.1, -0.05) is 32.9 Å². The average Bonchev–Trinajstić information content (AvgIpc) is 2.87. The Kier molecular flexibility index (Phi) is 7.25. The van der Waals surface area contributed by atoms with E-state index in [-0.39, 0.29) is 31.1 Å². The number of benzene rings is 1. The molecule has 0 radical (unpaired) electrons. The van der Waals surface area contributed by atoms with E-state index in [0.29, 0.717) is 11.6 Å².